The first-order valence-electron chi connectivity index (χ1n) is 7.46. The molecule has 1 unspecified atom stereocenters. The molecule has 0 aliphatic carbocycles. The Labute approximate surface area is 126 Å². The standard InChI is InChI=1S/C16H23N5/c1-19(9-14-4-3-5-17-8-14)10-15-11-20(2)13-16-18-6-7-21(16)12-15/h3-8,15H,9-13H2,1-2H3. The molecule has 5 nitrogen and oxygen atoms in total. The molecule has 5 heteroatoms. The lowest BCUT2D eigenvalue weighted by atomic mass is 10.1. The van der Waals surface area contributed by atoms with Gasteiger partial charge in [-0.15, -0.1) is 0 Å². The lowest BCUT2D eigenvalue weighted by Crippen LogP contribution is -2.33. The first-order valence-corrected chi connectivity index (χ1v) is 7.46. The van der Waals surface area contributed by atoms with Crippen molar-refractivity contribution in [1.29, 1.82) is 0 Å². The van der Waals surface area contributed by atoms with E-state index in [4.69, 9.17) is 0 Å². The molecule has 1 aliphatic rings. The lowest BCUT2D eigenvalue weighted by Gasteiger charge is -2.25. The molecule has 21 heavy (non-hydrogen) atoms. The van der Waals surface area contributed by atoms with Gasteiger partial charge in [0.2, 0.25) is 0 Å². The molecule has 112 valence electrons. The third-order valence-corrected chi connectivity index (χ3v) is 3.98. The summed E-state index contributed by atoms with van der Waals surface area (Å²) < 4.78 is 2.30. The van der Waals surface area contributed by atoms with E-state index in [-0.39, 0.29) is 0 Å². The van der Waals surface area contributed by atoms with Gasteiger partial charge >= 0.3 is 0 Å². The summed E-state index contributed by atoms with van der Waals surface area (Å²) in [5.74, 6) is 1.79. The first kappa shape index (κ1) is 14.2. The van der Waals surface area contributed by atoms with E-state index in [1.54, 1.807) is 0 Å². The SMILES string of the molecule is CN(Cc1cccnc1)CC1CN(C)Cc2nccn2C1. The third-order valence-electron chi connectivity index (χ3n) is 3.98. The van der Waals surface area contributed by atoms with Crippen LogP contribution in [-0.4, -0.2) is 51.5 Å². The van der Waals surface area contributed by atoms with Crippen LogP contribution in [0, 0.1) is 5.92 Å². The Morgan fingerprint density at radius 3 is 3.05 bits per heavy atom. The van der Waals surface area contributed by atoms with Crippen molar-refractivity contribution in [2.24, 2.45) is 5.92 Å². The maximum Gasteiger partial charge on any atom is 0.122 e. The van der Waals surface area contributed by atoms with Crippen molar-refractivity contribution >= 4 is 0 Å². The van der Waals surface area contributed by atoms with Crippen LogP contribution in [0.3, 0.4) is 0 Å². The summed E-state index contributed by atoms with van der Waals surface area (Å²) in [6, 6.07) is 4.14. The quantitative estimate of drug-likeness (QED) is 0.852. The van der Waals surface area contributed by atoms with E-state index in [2.05, 4.69) is 50.7 Å². The Morgan fingerprint density at radius 2 is 2.24 bits per heavy atom. The molecule has 0 spiro atoms. The Bertz CT molecular complexity index is 565. The van der Waals surface area contributed by atoms with Crippen molar-refractivity contribution in [3.63, 3.8) is 0 Å². The summed E-state index contributed by atoms with van der Waals surface area (Å²) in [4.78, 5) is 13.4. The number of imidazole rings is 1. The van der Waals surface area contributed by atoms with Crippen LogP contribution < -0.4 is 0 Å². The topological polar surface area (TPSA) is 37.2 Å². The Balaban J connectivity index is 1.62. The van der Waals surface area contributed by atoms with Gasteiger partial charge in [-0.1, -0.05) is 6.07 Å². The Morgan fingerprint density at radius 1 is 1.33 bits per heavy atom. The van der Waals surface area contributed by atoms with Gasteiger partial charge in [-0.3, -0.25) is 9.88 Å². The molecule has 0 N–H and O–H groups in total. The number of rotatable bonds is 4. The van der Waals surface area contributed by atoms with E-state index >= 15 is 0 Å². The van der Waals surface area contributed by atoms with Crippen LogP contribution in [0.15, 0.2) is 36.9 Å². The summed E-state index contributed by atoms with van der Waals surface area (Å²) in [5, 5.41) is 0. The Kier molecular flexibility index (Phi) is 4.31. The minimum Gasteiger partial charge on any atom is -0.333 e. The molecular weight excluding hydrogens is 262 g/mol. The fraction of sp³-hybridized carbons (Fsp3) is 0.500. The number of aromatic nitrogens is 3. The molecule has 1 atom stereocenters. The molecule has 0 saturated heterocycles. The smallest absolute Gasteiger partial charge is 0.122 e. The van der Waals surface area contributed by atoms with Crippen LogP contribution in [-0.2, 0) is 19.6 Å². The zero-order valence-electron chi connectivity index (χ0n) is 12.8. The van der Waals surface area contributed by atoms with Crippen molar-refractivity contribution in [2.75, 3.05) is 27.2 Å². The molecule has 0 amide bonds. The zero-order chi connectivity index (χ0) is 14.7. The van der Waals surface area contributed by atoms with E-state index < -0.39 is 0 Å². The van der Waals surface area contributed by atoms with Gasteiger partial charge < -0.3 is 9.47 Å². The second-order valence-electron chi connectivity index (χ2n) is 6.12. The van der Waals surface area contributed by atoms with Gasteiger partial charge in [-0.25, -0.2) is 4.98 Å². The van der Waals surface area contributed by atoms with Crippen LogP contribution in [0.2, 0.25) is 0 Å². The number of pyridine rings is 1. The zero-order valence-corrected chi connectivity index (χ0v) is 12.8. The normalized spacial score (nSPS) is 19.5. The monoisotopic (exact) mass is 285 g/mol. The summed E-state index contributed by atoms with van der Waals surface area (Å²) in [5.41, 5.74) is 1.27. The minimum atomic E-state index is 0.618. The van der Waals surface area contributed by atoms with E-state index in [0.29, 0.717) is 5.92 Å². The maximum absolute atomic E-state index is 4.45. The van der Waals surface area contributed by atoms with Gasteiger partial charge in [0, 0.05) is 56.9 Å². The molecule has 0 saturated carbocycles. The number of hydrogen-bond acceptors (Lipinski definition) is 4. The molecule has 2 aromatic heterocycles. The van der Waals surface area contributed by atoms with Crippen LogP contribution >= 0.6 is 0 Å². The van der Waals surface area contributed by atoms with Crippen molar-refractivity contribution in [3.8, 4) is 0 Å². The molecule has 3 heterocycles. The van der Waals surface area contributed by atoms with Gasteiger partial charge in [-0.05, 0) is 25.7 Å². The average molecular weight is 285 g/mol. The van der Waals surface area contributed by atoms with Crippen molar-refractivity contribution in [3.05, 3.63) is 48.3 Å². The second-order valence-corrected chi connectivity index (χ2v) is 6.12. The highest BCUT2D eigenvalue weighted by atomic mass is 15.2. The van der Waals surface area contributed by atoms with Crippen molar-refractivity contribution < 1.29 is 0 Å². The summed E-state index contributed by atoms with van der Waals surface area (Å²) in [7, 11) is 4.37. The third kappa shape index (κ3) is 3.68. The predicted molar refractivity (Wildman–Crippen MR) is 82.6 cm³/mol. The second kappa shape index (κ2) is 6.37. The van der Waals surface area contributed by atoms with Gasteiger partial charge in [0.25, 0.3) is 0 Å². The highest BCUT2D eigenvalue weighted by molar-refractivity contribution is 5.08. The maximum atomic E-state index is 4.45. The highest BCUT2D eigenvalue weighted by Crippen LogP contribution is 2.15. The molecule has 0 aromatic carbocycles. The summed E-state index contributed by atoms with van der Waals surface area (Å²) in [6.07, 6.45) is 7.78. The van der Waals surface area contributed by atoms with Crippen molar-refractivity contribution in [2.45, 2.75) is 19.6 Å². The van der Waals surface area contributed by atoms with Gasteiger partial charge in [0.1, 0.15) is 5.82 Å². The van der Waals surface area contributed by atoms with Crippen molar-refractivity contribution in [1.82, 2.24) is 24.3 Å². The van der Waals surface area contributed by atoms with Gasteiger partial charge in [0.05, 0.1) is 6.54 Å². The predicted octanol–water partition coefficient (Wildman–Crippen LogP) is 1.47. The van der Waals surface area contributed by atoms with E-state index in [0.717, 1.165) is 32.7 Å². The van der Waals surface area contributed by atoms with Crippen LogP contribution in [0.5, 0.6) is 0 Å². The molecule has 0 fully saturated rings. The fourth-order valence-electron chi connectivity index (χ4n) is 3.16. The van der Waals surface area contributed by atoms with Crippen LogP contribution in [0.25, 0.3) is 0 Å². The number of fused-ring (bicyclic) bond motifs is 1. The summed E-state index contributed by atoms with van der Waals surface area (Å²) in [6.45, 7) is 5.13. The van der Waals surface area contributed by atoms with Gasteiger partial charge in [-0.2, -0.15) is 0 Å². The molecule has 0 bridgehead atoms. The highest BCUT2D eigenvalue weighted by Gasteiger charge is 2.21. The van der Waals surface area contributed by atoms with Crippen LogP contribution in [0.1, 0.15) is 11.4 Å². The van der Waals surface area contributed by atoms with Gasteiger partial charge in [0.15, 0.2) is 0 Å². The molecule has 0 radical (unpaired) electrons. The lowest BCUT2D eigenvalue weighted by molar-refractivity contribution is 0.207. The molecular formula is C16H23N5. The summed E-state index contributed by atoms with van der Waals surface area (Å²) >= 11 is 0. The fourth-order valence-corrected chi connectivity index (χ4v) is 3.16. The molecule has 3 rings (SSSR count). The number of nitrogens with zero attached hydrogens (tertiary/aromatic N) is 5. The van der Waals surface area contributed by atoms with E-state index in [1.165, 1.54) is 11.4 Å². The average Bonchev–Trinajstić information content (AvgIpc) is 2.80. The first-order chi connectivity index (χ1) is 10.2. The van der Waals surface area contributed by atoms with Crippen LogP contribution in [0.4, 0.5) is 0 Å². The van der Waals surface area contributed by atoms with E-state index in [1.807, 2.05) is 24.7 Å². The molecule has 2 aromatic rings. The minimum absolute atomic E-state index is 0.618. The Hall–Kier alpha value is -1.72. The largest absolute Gasteiger partial charge is 0.333 e. The number of hydrogen-bond donors (Lipinski definition) is 0. The van der Waals surface area contributed by atoms with E-state index in [9.17, 15) is 0 Å². The molecule has 1 aliphatic heterocycles.